The summed E-state index contributed by atoms with van der Waals surface area (Å²) in [6.07, 6.45) is 0. The van der Waals surface area contributed by atoms with E-state index in [-0.39, 0.29) is 0 Å². The molecule has 2 nitrogen and oxygen atoms in total. The molecule has 0 unspecified atom stereocenters. The fourth-order valence-electron chi connectivity index (χ4n) is 8.16. The van der Waals surface area contributed by atoms with Crippen LogP contribution in [0.4, 0.5) is 17.1 Å². The van der Waals surface area contributed by atoms with Crippen LogP contribution in [0.25, 0.3) is 71.3 Å². The van der Waals surface area contributed by atoms with E-state index in [9.17, 15) is 0 Å². The van der Waals surface area contributed by atoms with Crippen molar-refractivity contribution in [2.24, 2.45) is 0 Å². The normalized spacial score (nSPS) is 12.0. The van der Waals surface area contributed by atoms with Gasteiger partial charge in [-0.25, -0.2) is 0 Å². The lowest BCUT2D eigenvalue weighted by molar-refractivity contribution is 1.19. The summed E-state index contributed by atoms with van der Waals surface area (Å²) in [5, 5.41) is 7.63. The van der Waals surface area contributed by atoms with E-state index >= 15 is 0 Å². The highest BCUT2D eigenvalue weighted by atomic mass is 15.1. The SMILES string of the molecule is Cc1ccc(N(c2ccc3cc4c(cc3c2)-c2cc3ccc(-n5c6ccccc6c6ccccc65)cc3cc2-4)c2ccccc2C)c(C)c1. The summed E-state index contributed by atoms with van der Waals surface area (Å²) >= 11 is 0. The second kappa shape index (κ2) is 10.4. The van der Waals surface area contributed by atoms with Gasteiger partial charge in [0.25, 0.3) is 0 Å². The molecule has 0 aliphatic heterocycles. The van der Waals surface area contributed by atoms with E-state index in [1.165, 1.54) is 105 Å². The van der Waals surface area contributed by atoms with Crippen molar-refractivity contribution in [1.29, 1.82) is 0 Å². The van der Waals surface area contributed by atoms with Crippen molar-refractivity contribution in [2.75, 3.05) is 4.90 Å². The summed E-state index contributed by atoms with van der Waals surface area (Å²) in [6.45, 7) is 6.57. The van der Waals surface area contributed by atoms with Gasteiger partial charge in [0, 0.05) is 33.5 Å². The van der Waals surface area contributed by atoms with Crippen molar-refractivity contribution in [2.45, 2.75) is 20.8 Å². The Morgan fingerprint density at radius 2 is 0.959 bits per heavy atom. The number of hydrogen-bond acceptors (Lipinski definition) is 1. The number of anilines is 3. The molecule has 0 amide bonds. The van der Waals surface area contributed by atoms with Gasteiger partial charge in [0.15, 0.2) is 0 Å². The molecule has 0 fully saturated rings. The molecule has 1 aliphatic carbocycles. The maximum absolute atomic E-state index is 2.42. The molecule has 9 aromatic rings. The molecule has 1 aromatic heterocycles. The summed E-state index contributed by atoms with van der Waals surface area (Å²) in [5.74, 6) is 0. The van der Waals surface area contributed by atoms with Crippen LogP contribution in [-0.2, 0) is 0 Å². The van der Waals surface area contributed by atoms with Gasteiger partial charge in [-0.05, 0) is 148 Å². The van der Waals surface area contributed by atoms with E-state index in [1.807, 2.05) is 0 Å². The molecule has 232 valence electrons. The maximum atomic E-state index is 2.42. The summed E-state index contributed by atoms with van der Waals surface area (Å²) in [6, 6.07) is 56.3. The van der Waals surface area contributed by atoms with Crippen LogP contribution in [0.1, 0.15) is 16.7 Å². The largest absolute Gasteiger partial charge is 0.310 e. The Morgan fingerprint density at radius 1 is 0.408 bits per heavy atom. The second-order valence-corrected chi connectivity index (χ2v) is 13.6. The van der Waals surface area contributed by atoms with Gasteiger partial charge in [-0.3, -0.25) is 0 Å². The molecule has 0 atom stereocenters. The fourth-order valence-corrected chi connectivity index (χ4v) is 8.16. The van der Waals surface area contributed by atoms with Crippen molar-refractivity contribution in [1.82, 2.24) is 4.57 Å². The predicted octanol–water partition coefficient (Wildman–Crippen LogP) is 13.1. The van der Waals surface area contributed by atoms with Crippen molar-refractivity contribution < 1.29 is 0 Å². The number of fused-ring (bicyclic) bond motifs is 9. The van der Waals surface area contributed by atoms with Crippen LogP contribution in [0, 0.1) is 20.8 Å². The molecule has 0 N–H and O–H groups in total. The van der Waals surface area contributed by atoms with Crippen LogP contribution in [0.15, 0.2) is 152 Å². The Balaban J connectivity index is 1.08. The third-order valence-corrected chi connectivity index (χ3v) is 10.5. The number of aromatic nitrogens is 1. The Hall–Kier alpha value is -6.12. The molecule has 0 bridgehead atoms. The first-order chi connectivity index (χ1) is 24.0. The molecule has 1 aliphatic rings. The summed E-state index contributed by atoms with van der Waals surface area (Å²) in [7, 11) is 0. The summed E-state index contributed by atoms with van der Waals surface area (Å²) in [5.41, 5.74) is 16.4. The molecular weight excluding hydrogens is 593 g/mol. The Bertz CT molecular complexity index is 2760. The molecule has 0 saturated heterocycles. The van der Waals surface area contributed by atoms with E-state index in [1.54, 1.807) is 0 Å². The highest BCUT2D eigenvalue weighted by Gasteiger charge is 2.25. The minimum absolute atomic E-state index is 1.17. The van der Waals surface area contributed by atoms with Gasteiger partial charge >= 0.3 is 0 Å². The summed E-state index contributed by atoms with van der Waals surface area (Å²) in [4.78, 5) is 2.42. The average Bonchev–Trinajstić information content (AvgIpc) is 3.46. The smallest absolute Gasteiger partial charge is 0.0541 e. The topological polar surface area (TPSA) is 8.17 Å². The van der Waals surface area contributed by atoms with Crippen LogP contribution in [-0.4, -0.2) is 4.57 Å². The fraction of sp³-hybridized carbons (Fsp3) is 0.0638. The van der Waals surface area contributed by atoms with Crippen molar-refractivity contribution in [3.8, 4) is 27.9 Å². The zero-order chi connectivity index (χ0) is 32.8. The Labute approximate surface area is 286 Å². The molecule has 0 radical (unpaired) electrons. The zero-order valence-electron chi connectivity index (χ0n) is 27.8. The van der Waals surface area contributed by atoms with Gasteiger partial charge < -0.3 is 9.47 Å². The molecule has 0 spiro atoms. The first-order valence-corrected chi connectivity index (χ1v) is 17.1. The van der Waals surface area contributed by atoms with Gasteiger partial charge in [-0.2, -0.15) is 0 Å². The number of nitrogens with zero attached hydrogens (tertiary/aromatic N) is 2. The van der Waals surface area contributed by atoms with E-state index < -0.39 is 0 Å². The molecular formula is C47H34N2. The first-order valence-electron chi connectivity index (χ1n) is 17.1. The quantitative estimate of drug-likeness (QED) is 0.189. The first kappa shape index (κ1) is 27.9. The number of rotatable bonds is 4. The van der Waals surface area contributed by atoms with E-state index in [4.69, 9.17) is 0 Å². The van der Waals surface area contributed by atoms with Crippen LogP contribution in [0.2, 0.25) is 0 Å². The number of aryl methyl sites for hydroxylation is 3. The molecule has 49 heavy (non-hydrogen) atoms. The number of benzene rings is 8. The third kappa shape index (κ3) is 4.20. The van der Waals surface area contributed by atoms with Crippen LogP contribution < -0.4 is 4.90 Å². The van der Waals surface area contributed by atoms with Gasteiger partial charge in [0.05, 0.1) is 11.0 Å². The van der Waals surface area contributed by atoms with Gasteiger partial charge in [0.2, 0.25) is 0 Å². The highest BCUT2D eigenvalue weighted by Crippen LogP contribution is 2.51. The van der Waals surface area contributed by atoms with Crippen LogP contribution in [0.5, 0.6) is 0 Å². The standard InChI is InChI=1S/C47H34N2/c1-29-16-21-45(31(3)22-29)48(44-13-7-4-10-30(44)2)36-19-17-32-25-40-42(27-34(32)23-36)41-26-33-18-20-37(24-35(33)28-43(40)41)49-46-14-8-5-11-38(46)39-12-6-9-15-47(39)49/h4-28H,1-3H3. The highest BCUT2D eigenvalue weighted by molar-refractivity contribution is 6.13. The molecule has 10 rings (SSSR count). The van der Waals surface area contributed by atoms with E-state index in [2.05, 4.69) is 182 Å². The van der Waals surface area contributed by atoms with E-state index in [0.717, 1.165) is 0 Å². The number of hydrogen-bond donors (Lipinski definition) is 0. The lowest BCUT2D eigenvalue weighted by Gasteiger charge is -2.29. The Morgan fingerprint density at radius 3 is 1.61 bits per heavy atom. The van der Waals surface area contributed by atoms with Crippen molar-refractivity contribution >= 4 is 60.4 Å². The molecule has 8 aromatic carbocycles. The monoisotopic (exact) mass is 626 g/mol. The minimum atomic E-state index is 1.17. The third-order valence-electron chi connectivity index (χ3n) is 10.5. The molecule has 0 saturated carbocycles. The summed E-state index contributed by atoms with van der Waals surface area (Å²) < 4.78 is 2.40. The van der Waals surface area contributed by atoms with Gasteiger partial charge in [-0.1, -0.05) is 84.4 Å². The Kier molecular flexibility index (Phi) is 5.95. The average molecular weight is 627 g/mol. The van der Waals surface area contributed by atoms with Crippen molar-refractivity contribution in [3.63, 3.8) is 0 Å². The minimum Gasteiger partial charge on any atom is -0.310 e. The number of para-hydroxylation sites is 3. The predicted molar refractivity (Wildman–Crippen MR) is 209 cm³/mol. The van der Waals surface area contributed by atoms with Crippen molar-refractivity contribution in [3.05, 3.63) is 168 Å². The van der Waals surface area contributed by atoms with Gasteiger partial charge in [0.1, 0.15) is 0 Å². The van der Waals surface area contributed by atoms with E-state index in [0.29, 0.717) is 0 Å². The van der Waals surface area contributed by atoms with Crippen LogP contribution in [0.3, 0.4) is 0 Å². The van der Waals surface area contributed by atoms with Gasteiger partial charge in [-0.15, -0.1) is 0 Å². The lowest BCUT2D eigenvalue weighted by atomic mass is 9.78. The molecule has 1 heterocycles. The lowest BCUT2D eigenvalue weighted by Crippen LogP contribution is -2.12. The van der Waals surface area contributed by atoms with Crippen LogP contribution >= 0.6 is 0 Å². The zero-order valence-corrected chi connectivity index (χ0v) is 27.8. The maximum Gasteiger partial charge on any atom is 0.0541 e. The molecule has 2 heteroatoms. The second-order valence-electron chi connectivity index (χ2n) is 13.6.